The van der Waals surface area contributed by atoms with E-state index in [1.807, 2.05) is 23.6 Å². The van der Waals surface area contributed by atoms with Gasteiger partial charge in [0.1, 0.15) is 6.04 Å². The van der Waals surface area contributed by atoms with Gasteiger partial charge in [-0.1, -0.05) is 26.8 Å². The zero-order valence-electron chi connectivity index (χ0n) is 11.2. The number of hydrogen-bond donors (Lipinski definition) is 3. The average molecular weight is 278 g/mol. The second-order valence-electron chi connectivity index (χ2n) is 5.40. The lowest BCUT2D eigenvalue weighted by molar-refractivity contribution is -0.117. The molecule has 2 aromatic heterocycles. The van der Waals surface area contributed by atoms with Crippen molar-refractivity contribution in [2.75, 3.05) is 5.32 Å². The third kappa shape index (κ3) is 3.21. The minimum absolute atomic E-state index is 0.0359. The Kier molecular flexibility index (Phi) is 3.73. The highest BCUT2D eigenvalue weighted by atomic mass is 32.1. The maximum atomic E-state index is 12.0. The first-order chi connectivity index (χ1) is 8.88. The van der Waals surface area contributed by atoms with Crippen LogP contribution in [0.4, 0.5) is 5.82 Å². The number of hydrogen-bond acceptors (Lipinski definition) is 4. The Bertz CT molecular complexity index is 553. The van der Waals surface area contributed by atoms with Crippen molar-refractivity contribution in [1.82, 2.24) is 10.2 Å². The van der Waals surface area contributed by atoms with Gasteiger partial charge in [0.2, 0.25) is 5.91 Å². The Morgan fingerprint density at radius 1 is 1.53 bits per heavy atom. The molecule has 0 aliphatic heterocycles. The van der Waals surface area contributed by atoms with Crippen molar-refractivity contribution in [3.05, 3.63) is 34.2 Å². The van der Waals surface area contributed by atoms with Crippen molar-refractivity contribution in [3.8, 4) is 0 Å². The molecule has 1 amide bonds. The molecule has 0 fully saturated rings. The predicted molar refractivity (Wildman–Crippen MR) is 77.2 cm³/mol. The van der Waals surface area contributed by atoms with Gasteiger partial charge in [-0.3, -0.25) is 9.89 Å². The molecule has 1 unspecified atom stereocenters. The fourth-order valence-corrected chi connectivity index (χ4v) is 2.30. The van der Waals surface area contributed by atoms with Crippen LogP contribution in [0.2, 0.25) is 0 Å². The zero-order valence-corrected chi connectivity index (χ0v) is 12.0. The van der Waals surface area contributed by atoms with Crippen LogP contribution >= 0.6 is 11.3 Å². The summed E-state index contributed by atoms with van der Waals surface area (Å²) in [7, 11) is 0. The molecule has 0 aliphatic rings. The fourth-order valence-electron chi connectivity index (χ4n) is 1.57. The molecule has 2 heterocycles. The predicted octanol–water partition coefficient (Wildman–Crippen LogP) is 2.41. The number of aromatic nitrogens is 2. The molecule has 6 heteroatoms. The lowest BCUT2D eigenvalue weighted by atomic mass is 9.92. The van der Waals surface area contributed by atoms with E-state index in [0.29, 0.717) is 5.82 Å². The van der Waals surface area contributed by atoms with Crippen molar-refractivity contribution in [3.63, 3.8) is 0 Å². The number of aromatic amines is 1. The molecular formula is C13H18N4OS. The molecule has 0 spiro atoms. The Hall–Kier alpha value is -1.66. The van der Waals surface area contributed by atoms with E-state index in [0.717, 1.165) is 10.6 Å². The SMILES string of the molecule is CC(C)(C)c1cc(NC(=O)C(N)c2cccs2)n[nH]1. The van der Waals surface area contributed by atoms with Crippen molar-refractivity contribution in [2.45, 2.75) is 32.2 Å². The van der Waals surface area contributed by atoms with Gasteiger partial charge < -0.3 is 11.1 Å². The van der Waals surface area contributed by atoms with Crippen LogP contribution in [0.15, 0.2) is 23.6 Å². The lowest BCUT2D eigenvalue weighted by Crippen LogP contribution is -2.27. The molecule has 0 saturated carbocycles. The van der Waals surface area contributed by atoms with Crippen LogP contribution in [0.25, 0.3) is 0 Å². The van der Waals surface area contributed by atoms with Crippen LogP contribution in [0.1, 0.15) is 37.4 Å². The smallest absolute Gasteiger partial charge is 0.247 e. The fraction of sp³-hybridized carbons (Fsp3) is 0.385. The molecule has 19 heavy (non-hydrogen) atoms. The summed E-state index contributed by atoms with van der Waals surface area (Å²) in [6, 6.07) is 4.90. The summed E-state index contributed by atoms with van der Waals surface area (Å²) in [5, 5.41) is 11.6. The first-order valence-electron chi connectivity index (χ1n) is 6.03. The molecule has 5 nitrogen and oxygen atoms in total. The first-order valence-corrected chi connectivity index (χ1v) is 6.91. The van der Waals surface area contributed by atoms with E-state index in [-0.39, 0.29) is 11.3 Å². The minimum Gasteiger partial charge on any atom is -0.316 e. The average Bonchev–Trinajstić information content (AvgIpc) is 2.97. The molecule has 102 valence electrons. The van der Waals surface area contributed by atoms with Gasteiger partial charge in [0, 0.05) is 22.1 Å². The van der Waals surface area contributed by atoms with Gasteiger partial charge in [0.15, 0.2) is 5.82 Å². The van der Waals surface area contributed by atoms with E-state index in [4.69, 9.17) is 5.73 Å². The Balaban J connectivity index is 2.05. The maximum Gasteiger partial charge on any atom is 0.247 e. The maximum absolute atomic E-state index is 12.0. The van der Waals surface area contributed by atoms with Gasteiger partial charge >= 0.3 is 0 Å². The van der Waals surface area contributed by atoms with Gasteiger partial charge in [-0.25, -0.2) is 0 Å². The van der Waals surface area contributed by atoms with Crippen LogP contribution in [-0.2, 0) is 10.2 Å². The van der Waals surface area contributed by atoms with E-state index in [9.17, 15) is 4.79 Å². The van der Waals surface area contributed by atoms with E-state index >= 15 is 0 Å². The van der Waals surface area contributed by atoms with Gasteiger partial charge in [-0.2, -0.15) is 5.10 Å². The quantitative estimate of drug-likeness (QED) is 0.806. The van der Waals surface area contributed by atoms with Gasteiger partial charge in [0.05, 0.1) is 0 Å². The zero-order chi connectivity index (χ0) is 14.0. The molecule has 0 saturated heterocycles. The number of carbonyl (C=O) groups is 1. The number of nitrogens with zero attached hydrogens (tertiary/aromatic N) is 1. The highest BCUT2D eigenvalue weighted by molar-refractivity contribution is 7.10. The second-order valence-corrected chi connectivity index (χ2v) is 6.38. The van der Waals surface area contributed by atoms with Crippen LogP contribution in [0.5, 0.6) is 0 Å². The normalized spacial score (nSPS) is 13.3. The van der Waals surface area contributed by atoms with E-state index in [2.05, 4.69) is 36.3 Å². The van der Waals surface area contributed by atoms with Crippen molar-refractivity contribution >= 4 is 23.1 Å². The number of amides is 1. The summed E-state index contributed by atoms with van der Waals surface area (Å²) in [6.45, 7) is 6.22. The number of thiophene rings is 1. The number of carbonyl (C=O) groups excluding carboxylic acids is 1. The number of nitrogens with one attached hydrogen (secondary N) is 2. The molecule has 2 aromatic rings. The molecule has 4 N–H and O–H groups in total. The third-order valence-electron chi connectivity index (χ3n) is 2.77. The van der Waals surface area contributed by atoms with Crippen LogP contribution in [0, 0.1) is 0 Å². The first kappa shape index (κ1) is 13.8. The van der Waals surface area contributed by atoms with Crippen LogP contribution < -0.4 is 11.1 Å². The molecule has 0 bridgehead atoms. The summed E-state index contributed by atoms with van der Waals surface area (Å²) in [5.74, 6) is 0.247. The van der Waals surface area contributed by atoms with Gasteiger partial charge in [-0.05, 0) is 11.4 Å². The van der Waals surface area contributed by atoms with Gasteiger partial charge in [-0.15, -0.1) is 11.3 Å². The minimum atomic E-state index is -0.658. The second kappa shape index (κ2) is 5.14. The molecular weight excluding hydrogens is 260 g/mol. The summed E-state index contributed by atoms with van der Waals surface area (Å²) in [6.07, 6.45) is 0. The van der Waals surface area contributed by atoms with Gasteiger partial charge in [0.25, 0.3) is 0 Å². The summed E-state index contributed by atoms with van der Waals surface area (Å²) < 4.78 is 0. The molecule has 1 atom stereocenters. The summed E-state index contributed by atoms with van der Waals surface area (Å²) in [4.78, 5) is 12.8. The van der Waals surface area contributed by atoms with Crippen LogP contribution in [0.3, 0.4) is 0 Å². The Morgan fingerprint density at radius 3 is 2.79 bits per heavy atom. The Labute approximate surface area is 116 Å². The molecule has 2 rings (SSSR count). The largest absolute Gasteiger partial charge is 0.316 e. The van der Waals surface area contributed by atoms with Crippen molar-refractivity contribution in [1.29, 1.82) is 0 Å². The number of anilines is 1. The molecule has 0 aromatic carbocycles. The molecule has 0 radical (unpaired) electrons. The standard InChI is InChI=1S/C13H18N4OS/c1-13(2,3)9-7-10(17-16-9)15-12(18)11(14)8-5-4-6-19-8/h4-7,11H,14H2,1-3H3,(H2,15,16,17,18). The lowest BCUT2D eigenvalue weighted by Gasteiger charge is -2.14. The number of H-pyrrole nitrogens is 1. The van der Waals surface area contributed by atoms with E-state index in [1.165, 1.54) is 11.3 Å². The van der Waals surface area contributed by atoms with Crippen molar-refractivity contribution in [2.24, 2.45) is 5.73 Å². The highest BCUT2D eigenvalue weighted by Gasteiger charge is 2.20. The number of rotatable bonds is 3. The monoisotopic (exact) mass is 278 g/mol. The topological polar surface area (TPSA) is 83.8 Å². The Morgan fingerprint density at radius 2 is 2.26 bits per heavy atom. The summed E-state index contributed by atoms with van der Waals surface area (Å²) >= 11 is 1.47. The molecule has 0 aliphatic carbocycles. The van der Waals surface area contributed by atoms with E-state index in [1.54, 1.807) is 0 Å². The third-order valence-corrected chi connectivity index (χ3v) is 3.72. The van der Waals surface area contributed by atoms with Crippen molar-refractivity contribution < 1.29 is 4.79 Å². The van der Waals surface area contributed by atoms with Crippen LogP contribution in [-0.4, -0.2) is 16.1 Å². The van der Waals surface area contributed by atoms with E-state index < -0.39 is 6.04 Å². The number of nitrogens with two attached hydrogens (primary N) is 1. The summed E-state index contributed by atoms with van der Waals surface area (Å²) in [5.41, 5.74) is 6.81. The highest BCUT2D eigenvalue weighted by Crippen LogP contribution is 2.23.